The zero-order valence-electron chi connectivity index (χ0n) is 11.8. The molecule has 0 unspecified atom stereocenters. The summed E-state index contributed by atoms with van der Waals surface area (Å²) >= 11 is 0. The fourth-order valence-electron chi connectivity index (χ4n) is 2.68. The van der Waals surface area contributed by atoms with E-state index < -0.39 is 5.60 Å². The predicted octanol–water partition coefficient (Wildman–Crippen LogP) is 1.27. The van der Waals surface area contributed by atoms with Crippen LogP contribution in [0.15, 0.2) is 24.5 Å². The number of ether oxygens (including phenoxy) is 1. The maximum absolute atomic E-state index is 10.4. The Bertz CT molecular complexity index is 588. The summed E-state index contributed by atoms with van der Waals surface area (Å²) in [6, 6.07) is 4.09. The van der Waals surface area contributed by atoms with E-state index in [4.69, 9.17) is 4.74 Å². The Kier molecular flexibility index (Phi) is 3.74. The first kappa shape index (κ1) is 13.5. The molecule has 0 bridgehead atoms. The third-order valence-corrected chi connectivity index (χ3v) is 3.99. The van der Waals surface area contributed by atoms with Crippen LogP contribution in [0.1, 0.15) is 24.1 Å². The zero-order chi connectivity index (χ0) is 14.0. The standard InChI is InChI=1S/C15H21N3O2/c1-12-3-2-6-18-13(10-17-14(12)18)9-16-11-15(19)4-7-20-8-5-15/h2-3,6,10,16,19H,4-5,7-9,11H2,1H3. The smallest absolute Gasteiger partial charge is 0.139 e. The molecule has 0 aliphatic carbocycles. The molecule has 1 aliphatic rings. The molecule has 108 valence electrons. The Morgan fingerprint density at radius 3 is 3.05 bits per heavy atom. The summed E-state index contributed by atoms with van der Waals surface area (Å²) in [6.45, 7) is 4.65. The van der Waals surface area contributed by atoms with Crippen molar-refractivity contribution in [1.29, 1.82) is 0 Å². The lowest BCUT2D eigenvalue weighted by molar-refractivity contribution is -0.0617. The van der Waals surface area contributed by atoms with Crippen LogP contribution >= 0.6 is 0 Å². The quantitative estimate of drug-likeness (QED) is 0.882. The normalized spacial score (nSPS) is 18.5. The van der Waals surface area contributed by atoms with Gasteiger partial charge in [-0.3, -0.25) is 0 Å². The maximum atomic E-state index is 10.4. The largest absolute Gasteiger partial charge is 0.388 e. The fraction of sp³-hybridized carbons (Fsp3) is 0.533. The Morgan fingerprint density at radius 2 is 2.25 bits per heavy atom. The number of aliphatic hydroxyl groups is 1. The average Bonchev–Trinajstić information content (AvgIpc) is 2.84. The van der Waals surface area contributed by atoms with Crippen LogP contribution in [0.3, 0.4) is 0 Å². The van der Waals surface area contributed by atoms with E-state index in [1.807, 2.05) is 18.5 Å². The van der Waals surface area contributed by atoms with E-state index in [0.29, 0.717) is 39.1 Å². The van der Waals surface area contributed by atoms with Crippen molar-refractivity contribution in [3.05, 3.63) is 35.8 Å². The van der Waals surface area contributed by atoms with Gasteiger partial charge in [0.15, 0.2) is 0 Å². The second kappa shape index (κ2) is 5.52. The van der Waals surface area contributed by atoms with Gasteiger partial charge < -0.3 is 19.6 Å². The van der Waals surface area contributed by atoms with E-state index in [9.17, 15) is 5.11 Å². The highest BCUT2D eigenvalue weighted by molar-refractivity contribution is 5.48. The number of nitrogens with zero attached hydrogens (tertiary/aromatic N) is 2. The number of hydrogen-bond acceptors (Lipinski definition) is 4. The van der Waals surface area contributed by atoms with Crippen molar-refractivity contribution in [1.82, 2.24) is 14.7 Å². The van der Waals surface area contributed by atoms with Crippen LogP contribution in [-0.4, -0.2) is 39.9 Å². The summed E-state index contributed by atoms with van der Waals surface area (Å²) in [4.78, 5) is 4.44. The van der Waals surface area contributed by atoms with Gasteiger partial charge in [-0.1, -0.05) is 6.07 Å². The first-order valence-corrected chi connectivity index (χ1v) is 7.10. The molecule has 0 radical (unpaired) electrons. The lowest BCUT2D eigenvalue weighted by Gasteiger charge is -2.32. The van der Waals surface area contributed by atoms with Crippen molar-refractivity contribution in [2.24, 2.45) is 0 Å². The molecule has 2 aromatic rings. The highest BCUT2D eigenvalue weighted by atomic mass is 16.5. The predicted molar refractivity (Wildman–Crippen MR) is 76.6 cm³/mol. The number of pyridine rings is 1. The summed E-state index contributed by atoms with van der Waals surface area (Å²) in [5.74, 6) is 0. The van der Waals surface area contributed by atoms with Crippen molar-refractivity contribution >= 4 is 5.65 Å². The monoisotopic (exact) mass is 275 g/mol. The van der Waals surface area contributed by atoms with Crippen molar-refractivity contribution in [3.63, 3.8) is 0 Å². The molecule has 2 aromatic heterocycles. The second-order valence-corrected chi connectivity index (χ2v) is 5.57. The molecule has 0 spiro atoms. The van der Waals surface area contributed by atoms with Gasteiger partial charge in [0.25, 0.3) is 0 Å². The van der Waals surface area contributed by atoms with Gasteiger partial charge in [-0.15, -0.1) is 0 Å². The van der Waals surface area contributed by atoms with Crippen LogP contribution in [0.25, 0.3) is 5.65 Å². The number of fused-ring (bicyclic) bond motifs is 1. The molecule has 1 aliphatic heterocycles. The molecule has 0 aromatic carbocycles. The summed E-state index contributed by atoms with van der Waals surface area (Å²) in [6.07, 6.45) is 5.32. The van der Waals surface area contributed by atoms with Gasteiger partial charge >= 0.3 is 0 Å². The minimum atomic E-state index is -0.630. The zero-order valence-corrected chi connectivity index (χ0v) is 11.8. The Hall–Kier alpha value is -1.43. The molecule has 3 heterocycles. The molecule has 1 fully saturated rings. The molecule has 5 nitrogen and oxygen atoms in total. The summed E-state index contributed by atoms with van der Waals surface area (Å²) in [5.41, 5.74) is 2.64. The SMILES string of the molecule is Cc1cccn2c(CNCC3(O)CCOCC3)cnc12. The van der Waals surface area contributed by atoms with Gasteiger partial charge in [0, 0.05) is 45.3 Å². The van der Waals surface area contributed by atoms with Crippen LogP contribution in [-0.2, 0) is 11.3 Å². The topological polar surface area (TPSA) is 58.8 Å². The Labute approximate surface area is 118 Å². The number of nitrogens with one attached hydrogen (secondary N) is 1. The molecule has 0 atom stereocenters. The molecule has 1 saturated heterocycles. The second-order valence-electron chi connectivity index (χ2n) is 5.57. The molecule has 2 N–H and O–H groups in total. The van der Waals surface area contributed by atoms with Crippen LogP contribution in [0.5, 0.6) is 0 Å². The highest BCUT2D eigenvalue weighted by Crippen LogP contribution is 2.19. The third kappa shape index (κ3) is 2.70. The van der Waals surface area contributed by atoms with Crippen molar-refractivity contribution in [3.8, 4) is 0 Å². The highest BCUT2D eigenvalue weighted by Gasteiger charge is 2.29. The maximum Gasteiger partial charge on any atom is 0.139 e. The van der Waals surface area contributed by atoms with Crippen LogP contribution in [0.2, 0.25) is 0 Å². The number of imidazole rings is 1. The number of rotatable bonds is 4. The van der Waals surface area contributed by atoms with Crippen LogP contribution < -0.4 is 5.32 Å². The lowest BCUT2D eigenvalue weighted by Crippen LogP contribution is -2.44. The van der Waals surface area contributed by atoms with E-state index in [-0.39, 0.29) is 0 Å². The van der Waals surface area contributed by atoms with Gasteiger partial charge in [0.1, 0.15) is 5.65 Å². The van der Waals surface area contributed by atoms with E-state index in [1.165, 1.54) is 5.56 Å². The summed E-state index contributed by atoms with van der Waals surface area (Å²) in [7, 11) is 0. The molecule has 0 amide bonds. The molecule has 0 saturated carbocycles. The lowest BCUT2D eigenvalue weighted by atomic mass is 9.94. The molecule has 3 rings (SSSR count). The Balaban J connectivity index is 1.64. The van der Waals surface area contributed by atoms with Gasteiger partial charge in [0.2, 0.25) is 0 Å². The fourth-order valence-corrected chi connectivity index (χ4v) is 2.68. The van der Waals surface area contributed by atoms with Crippen LogP contribution in [0.4, 0.5) is 0 Å². The van der Waals surface area contributed by atoms with E-state index >= 15 is 0 Å². The van der Waals surface area contributed by atoms with Gasteiger partial charge in [0.05, 0.1) is 17.5 Å². The van der Waals surface area contributed by atoms with Crippen molar-refractivity contribution in [2.45, 2.75) is 31.9 Å². The Morgan fingerprint density at radius 1 is 1.45 bits per heavy atom. The molecule has 20 heavy (non-hydrogen) atoms. The van der Waals surface area contributed by atoms with Crippen molar-refractivity contribution < 1.29 is 9.84 Å². The van der Waals surface area contributed by atoms with Crippen LogP contribution in [0, 0.1) is 6.92 Å². The average molecular weight is 275 g/mol. The summed E-state index contributed by atoms with van der Waals surface area (Å²) < 4.78 is 7.38. The number of hydrogen-bond donors (Lipinski definition) is 2. The minimum Gasteiger partial charge on any atom is -0.388 e. The molecule has 5 heteroatoms. The van der Waals surface area contributed by atoms with Gasteiger partial charge in [-0.2, -0.15) is 0 Å². The van der Waals surface area contributed by atoms with Crippen molar-refractivity contribution in [2.75, 3.05) is 19.8 Å². The summed E-state index contributed by atoms with van der Waals surface area (Å²) in [5, 5.41) is 13.7. The number of aryl methyl sites for hydroxylation is 1. The molecular formula is C15H21N3O2. The van der Waals surface area contributed by atoms with E-state index in [0.717, 1.165) is 11.3 Å². The van der Waals surface area contributed by atoms with E-state index in [1.54, 1.807) is 0 Å². The van der Waals surface area contributed by atoms with Gasteiger partial charge in [-0.05, 0) is 18.6 Å². The minimum absolute atomic E-state index is 0.593. The number of aromatic nitrogens is 2. The van der Waals surface area contributed by atoms with Gasteiger partial charge in [-0.25, -0.2) is 4.98 Å². The van der Waals surface area contributed by atoms with E-state index in [2.05, 4.69) is 27.7 Å². The first-order chi connectivity index (χ1) is 9.68. The first-order valence-electron chi connectivity index (χ1n) is 7.10. The molecular weight excluding hydrogens is 254 g/mol. The third-order valence-electron chi connectivity index (χ3n) is 3.99.